The van der Waals surface area contributed by atoms with Crippen molar-refractivity contribution < 1.29 is 4.79 Å². The van der Waals surface area contributed by atoms with Crippen LogP contribution in [-0.2, 0) is 11.3 Å². The van der Waals surface area contributed by atoms with Crippen LogP contribution >= 0.6 is 0 Å². The molecule has 15 heavy (non-hydrogen) atoms. The van der Waals surface area contributed by atoms with Gasteiger partial charge < -0.3 is 5.32 Å². The zero-order valence-electron chi connectivity index (χ0n) is 8.13. The maximum atomic E-state index is 10.2. The maximum absolute atomic E-state index is 10.2. The molecule has 0 spiro atoms. The highest BCUT2D eigenvalue weighted by molar-refractivity contribution is 5.48. The van der Waals surface area contributed by atoms with E-state index >= 15 is 0 Å². The van der Waals surface area contributed by atoms with Crippen LogP contribution in [0.3, 0.4) is 0 Å². The van der Waals surface area contributed by atoms with Crippen LogP contribution < -0.4 is 5.32 Å². The first-order chi connectivity index (χ1) is 7.42. The third-order valence-corrected chi connectivity index (χ3v) is 2.12. The molecule has 0 fully saturated rings. The number of nitrogens with one attached hydrogen (secondary N) is 1. The van der Waals surface area contributed by atoms with Crippen molar-refractivity contribution in [2.24, 2.45) is 0 Å². The van der Waals surface area contributed by atoms with Crippen LogP contribution in [0.15, 0.2) is 42.7 Å². The van der Waals surface area contributed by atoms with E-state index in [2.05, 4.69) is 10.4 Å². The largest absolute Gasteiger partial charge is 0.355 e. The standard InChI is InChI=1S/C11H11N3O/c15-9-12-8-10-4-1-2-5-11(10)14-7-3-6-13-14/h1-7,9H,8H2,(H,12,15). The fourth-order valence-corrected chi connectivity index (χ4v) is 1.45. The molecule has 2 aromatic rings. The van der Waals surface area contributed by atoms with Gasteiger partial charge in [0, 0.05) is 18.9 Å². The van der Waals surface area contributed by atoms with Gasteiger partial charge in [-0.1, -0.05) is 18.2 Å². The van der Waals surface area contributed by atoms with E-state index in [1.165, 1.54) is 0 Å². The number of para-hydroxylation sites is 1. The molecular weight excluding hydrogens is 190 g/mol. The molecule has 0 aliphatic heterocycles. The monoisotopic (exact) mass is 201 g/mol. The Morgan fingerprint density at radius 2 is 2.20 bits per heavy atom. The lowest BCUT2D eigenvalue weighted by molar-refractivity contribution is -0.109. The summed E-state index contributed by atoms with van der Waals surface area (Å²) in [7, 11) is 0. The Kier molecular flexibility index (Phi) is 2.78. The normalized spacial score (nSPS) is 9.87. The molecule has 0 saturated carbocycles. The highest BCUT2D eigenvalue weighted by atomic mass is 16.1. The quantitative estimate of drug-likeness (QED) is 0.753. The molecule has 1 N–H and O–H groups in total. The highest BCUT2D eigenvalue weighted by Crippen LogP contribution is 2.12. The van der Waals surface area contributed by atoms with E-state index in [0.29, 0.717) is 13.0 Å². The van der Waals surface area contributed by atoms with Crippen molar-refractivity contribution in [1.82, 2.24) is 15.1 Å². The van der Waals surface area contributed by atoms with Crippen molar-refractivity contribution in [3.63, 3.8) is 0 Å². The number of hydrogen-bond acceptors (Lipinski definition) is 2. The van der Waals surface area contributed by atoms with Crippen LogP contribution in [0.2, 0.25) is 0 Å². The van der Waals surface area contributed by atoms with Crippen molar-refractivity contribution in [2.75, 3.05) is 0 Å². The highest BCUT2D eigenvalue weighted by Gasteiger charge is 2.02. The molecule has 1 aromatic heterocycles. The van der Waals surface area contributed by atoms with Crippen molar-refractivity contribution in [3.8, 4) is 5.69 Å². The average molecular weight is 201 g/mol. The van der Waals surface area contributed by atoms with E-state index in [0.717, 1.165) is 11.3 Å². The molecule has 1 heterocycles. The van der Waals surface area contributed by atoms with Crippen LogP contribution in [0, 0.1) is 0 Å². The number of hydrogen-bond donors (Lipinski definition) is 1. The summed E-state index contributed by atoms with van der Waals surface area (Å²) in [5, 5.41) is 6.80. The molecule has 0 atom stereocenters. The summed E-state index contributed by atoms with van der Waals surface area (Å²) in [4.78, 5) is 10.2. The second-order valence-electron chi connectivity index (χ2n) is 3.08. The molecule has 76 valence electrons. The van der Waals surface area contributed by atoms with Gasteiger partial charge in [-0.25, -0.2) is 4.68 Å². The van der Waals surface area contributed by atoms with E-state index in [9.17, 15) is 4.79 Å². The Morgan fingerprint density at radius 3 is 2.93 bits per heavy atom. The van der Waals surface area contributed by atoms with Gasteiger partial charge in [0.2, 0.25) is 6.41 Å². The number of aromatic nitrogens is 2. The number of carbonyl (C=O) groups is 1. The molecule has 0 radical (unpaired) electrons. The summed E-state index contributed by atoms with van der Waals surface area (Å²) in [5.41, 5.74) is 2.02. The molecule has 0 aliphatic carbocycles. The summed E-state index contributed by atoms with van der Waals surface area (Å²) in [5.74, 6) is 0. The molecule has 4 nitrogen and oxygen atoms in total. The lowest BCUT2D eigenvalue weighted by Crippen LogP contribution is -2.12. The molecule has 4 heteroatoms. The number of benzene rings is 1. The SMILES string of the molecule is O=CNCc1ccccc1-n1cccn1. The van der Waals surface area contributed by atoms with Crippen LogP contribution in [0.4, 0.5) is 0 Å². The molecule has 1 aromatic carbocycles. The van der Waals surface area contributed by atoms with Crippen LogP contribution in [0.1, 0.15) is 5.56 Å². The predicted molar refractivity (Wildman–Crippen MR) is 56.5 cm³/mol. The first kappa shape index (κ1) is 9.45. The van der Waals surface area contributed by atoms with Gasteiger partial charge in [0.05, 0.1) is 5.69 Å². The third-order valence-electron chi connectivity index (χ3n) is 2.12. The van der Waals surface area contributed by atoms with Gasteiger partial charge in [0.15, 0.2) is 0 Å². The fourth-order valence-electron chi connectivity index (χ4n) is 1.45. The van der Waals surface area contributed by atoms with Gasteiger partial charge in [-0.3, -0.25) is 4.79 Å². The van der Waals surface area contributed by atoms with Gasteiger partial charge in [-0.15, -0.1) is 0 Å². The first-order valence-corrected chi connectivity index (χ1v) is 4.67. The van der Waals surface area contributed by atoms with Crippen molar-refractivity contribution in [2.45, 2.75) is 6.54 Å². The minimum Gasteiger partial charge on any atom is -0.355 e. The molecular formula is C11H11N3O. The van der Waals surface area contributed by atoms with E-state index in [-0.39, 0.29) is 0 Å². The van der Waals surface area contributed by atoms with Crippen molar-refractivity contribution in [1.29, 1.82) is 0 Å². The van der Waals surface area contributed by atoms with Gasteiger partial charge >= 0.3 is 0 Å². The Bertz CT molecular complexity index is 437. The summed E-state index contributed by atoms with van der Waals surface area (Å²) in [6.45, 7) is 0.513. The molecule has 0 bridgehead atoms. The molecule has 0 aliphatic rings. The van der Waals surface area contributed by atoms with Gasteiger partial charge in [-0.2, -0.15) is 5.10 Å². The van der Waals surface area contributed by atoms with Crippen LogP contribution in [0.5, 0.6) is 0 Å². The zero-order chi connectivity index (χ0) is 10.5. The molecule has 0 unspecified atom stereocenters. The van der Waals surface area contributed by atoms with E-state index < -0.39 is 0 Å². The van der Waals surface area contributed by atoms with Gasteiger partial charge in [0.25, 0.3) is 0 Å². The van der Waals surface area contributed by atoms with E-state index in [4.69, 9.17) is 0 Å². The molecule has 2 rings (SSSR count). The van der Waals surface area contributed by atoms with Crippen LogP contribution in [-0.4, -0.2) is 16.2 Å². The van der Waals surface area contributed by atoms with Gasteiger partial charge in [-0.05, 0) is 17.7 Å². The lowest BCUT2D eigenvalue weighted by Gasteiger charge is -2.08. The Hall–Kier alpha value is -2.10. The van der Waals surface area contributed by atoms with Crippen molar-refractivity contribution in [3.05, 3.63) is 48.3 Å². The number of nitrogens with zero attached hydrogens (tertiary/aromatic N) is 2. The topological polar surface area (TPSA) is 46.9 Å². The molecule has 1 amide bonds. The zero-order valence-corrected chi connectivity index (χ0v) is 8.13. The third kappa shape index (κ3) is 2.04. The number of amides is 1. The lowest BCUT2D eigenvalue weighted by atomic mass is 10.2. The summed E-state index contributed by atoms with van der Waals surface area (Å²) in [6.07, 6.45) is 4.30. The maximum Gasteiger partial charge on any atom is 0.207 e. The van der Waals surface area contributed by atoms with E-state index in [1.807, 2.05) is 36.5 Å². The smallest absolute Gasteiger partial charge is 0.207 e. The van der Waals surface area contributed by atoms with E-state index in [1.54, 1.807) is 10.9 Å². The minimum atomic E-state index is 0.513. The van der Waals surface area contributed by atoms with Crippen molar-refractivity contribution >= 4 is 6.41 Å². The predicted octanol–water partition coefficient (Wildman–Crippen LogP) is 1.12. The average Bonchev–Trinajstić information content (AvgIpc) is 2.80. The summed E-state index contributed by atoms with van der Waals surface area (Å²) < 4.78 is 1.78. The molecule has 0 saturated heterocycles. The second kappa shape index (κ2) is 4.41. The summed E-state index contributed by atoms with van der Waals surface area (Å²) >= 11 is 0. The Morgan fingerprint density at radius 1 is 1.33 bits per heavy atom. The van der Waals surface area contributed by atoms with Gasteiger partial charge in [0.1, 0.15) is 0 Å². The minimum absolute atomic E-state index is 0.513. The number of carbonyl (C=O) groups excluding carboxylic acids is 1. The Labute approximate surface area is 87.5 Å². The second-order valence-corrected chi connectivity index (χ2v) is 3.08. The number of rotatable bonds is 4. The summed E-state index contributed by atoms with van der Waals surface area (Å²) in [6, 6.07) is 9.68. The first-order valence-electron chi connectivity index (χ1n) is 4.67. The Balaban J connectivity index is 2.34. The van der Waals surface area contributed by atoms with Crippen LogP contribution in [0.25, 0.3) is 5.69 Å². The fraction of sp³-hybridized carbons (Fsp3) is 0.0909.